The quantitative estimate of drug-likeness (QED) is 0.269. The highest BCUT2D eigenvalue weighted by Crippen LogP contribution is 2.52. The zero-order valence-electron chi connectivity index (χ0n) is 23.4. The molecule has 0 saturated heterocycles. The van der Waals surface area contributed by atoms with E-state index in [1.54, 1.807) is 11.9 Å². The van der Waals surface area contributed by atoms with Gasteiger partial charge in [-0.3, -0.25) is 38.6 Å². The second-order valence-corrected chi connectivity index (χ2v) is 12.3. The molecule has 1 aromatic rings. The maximum Gasteiger partial charge on any atom is 0.242 e. The van der Waals surface area contributed by atoms with Gasteiger partial charge in [-0.25, -0.2) is 4.39 Å². The number of hydrogen-bond acceptors (Lipinski definition) is 10. The van der Waals surface area contributed by atoms with Gasteiger partial charge >= 0.3 is 0 Å². The SMILES string of the molecule is CC(C)[C@@H]1C(=O)Nc2c(O)c3c(c(F)c2CN1C)C[C@H]1C[C@H]2[C@H](N(C)C)C(=O)C(C(N)=O)C(=O)[C@@]2(O)C(=O)C1C3=O. The molecular formula is C28H33FN4O8. The van der Waals surface area contributed by atoms with Crippen LogP contribution >= 0.6 is 0 Å². The topological polar surface area (TPSA) is 187 Å². The first-order chi connectivity index (χ1) is 19.0. The minimum atomic E-state index is -2.88. The average Bonchev–Trinajstić information content (AvgIpc) is 2.99. The van der Waals surface area contributed by atoms with Crippen molar-refractivity contribution in [1.82, 2.24) is 9.80 Å². The van der Waals surface area contributed by atoms with E-state index in [0.717, 1.165) is 0 Å². The molecule has 12 nitrogen and oxygen atoms in total. The highest BCUT2D eigenvalue weighted by atomic mass is 19.1. The van der Waals surface area contributed by atoms with Gasteiger partial charge in [-0.15, -0.1) is 0 Å². The van der Waals surface area contributed by atoms with Gasteiger partial charge in [-0.2, -0.15) is 0 Å². The van der Waals surface area contributed by atoms with Crippen molar-refractivity contribution < 1.29 is 43.4 Å². The Morgan fingerprint density at radius 1 is 1.15 bits per heavy atom. The number of hydrogen-bond donors (Lipinski definition) is 4. The third kappa shape index (κ3) is 3.82. The number of ketones is 4. The van der Waals surface area contributed by atoms with Crippen molar-refractivity contribution in [1.29, 1.82) is 0 Å². The Balaban J connectivity index is 1.65. The van der Waals surface area contributed by atoms with Crippen LogP contribution in [-0.4, -0.2) is 93.8 Å². The molecule has 220 valence electrons. The molecule has 13 heteroatoms. The number of aromatic hydroxyl groups is 1. The number of anilines is 1. The second kappa shape index (κ2) is 9.50. The number of rotatable bonds is 3. The van der Waals surface area contributed by atoms with E-state index < -0.39 is 93.4 Å². The highest BCUT2D eigenvalue weighted by Gasteiger charge is 2.69. The Morgan fingerprint density at radius 2 is 1.78 bits per heavy atom. The molecule has 0 aromatic heterocycles. The zero-order chi connectivity index (χ0) is 30.5. The van der Waals surface area contributed by atoms with E-state index in [9.17, 15) is 39.0 Å². The van der Waals surface area contributed by atoms with Crippen LogP contribution in [0.4, 0.5) is 10.1 Å². The molecule has 2 fully saturated rings. The summed E-state index contributed by atoms with van der Waals surface area (Å²) in [6.45, 7) is 3.59. The van der Waals surface area contributed by atoms with Gasteiger partial charge in [0.25, 0.3) is 0 Å². The predicted octanol–water partition coefficient (Wildman–Crippen LogP) is -0.585. The molecule has 0 radical (unpaired) electrons. The van der Waals surface area contributed by atoms with Crippen molar-refractivity contribution in [3.63, 3.8) is 0 Å². The predicted molar refractivity (Wildman–Crippen MR) is 140 cm³/mol. The molecule has 1 heterocycles. The number of halogens is 1. The molecular weight excluding hydrogens is 539 g/mol. The van der Waals surface area contributed by atoms with E-state index >= 15 is 4.39 Å². The zero-order valence-corrected chi connectivity index (χ0v) is 23.4. The fraction of sp³-hybridized carbons (Fsp3) is 0.571. The maximum atomic E-state index is 16.2. The summed E-state index contributed by atoms with van der Waals surface area (Å²) >= 11 is 0. The molecule has 1 aromatic carbocycles. The smallest absolute Gasteiger partial charge is 0.242 e. The van der Waals surface area contributed by atoms with Crippen molar-refractivity contribution in [3.05, 3.63) is 22.5 Å². The molecule has 3 aliphatic carbocycles. The van der Waals surface area contributed by atoms with Gasteiger partial charge in [0.15, 0.2) is 40.4 Å². The molecule has 7 atom stereocenters. The van der Waals surface area contributed by atoms with Crippen LogP contribution in [0.3, 0.4) is 0 Å². The molecule has 0 bridgehead atoms. The summed E-state index contributed by atoms with van der Waals surface area (Å²) in [6, 6.07) is -1.90. The van der Waals surface area contributed by atoms with Crippen molar-refractivity contribution in [3.8, 4) is 5.75 Å². The monoisotopic (exact) mass is 572 g/mol. The Kier molecular flexibility index (Phi) is 6.71. The molecule has 41 heavy (non-hydrogen) atoms. The minimum absolute atomic E-state index is 0.0105. The Morgan fingerprint density at radius 3 is 2.34 bits per heavy atom. The first-order valence-corrected chi connectivity index (χ1v) is 13.5. The van der Waals surface area contributed by atoms with Crippen LogP contribution in [0, 0.1) is 35.4 Å². The van der Waals surface area contributed by atoms with Crippen molar-refractivity contribution in [2.24, 2.45) is 35.3 Å². The van der Waals surface area contributed by atoms with Crippen LogP contribution in [0.1, 0.15) is 41.8 Å². The van der Waals surface area contributed by atoms with Crippen LogP contribution in [0.5, 0.6) is 5.75 Å². The molecule has 5 N–H and O–H groups in total. The maximum absolute atomic E-state index is 16.2. The summed E-state index contributed by atoms with van der Waals surface area (Å²) in [6.07, 6.45) is -0.392. The van der Waals surface area contributed by atoms with Crippen LogP contribution in [0.25, 0.3) is 0 Å². The molecule has 2 unspecified atom stereocenters. The number of nitrogens with one attached hydrogen (secondary N) is 1. The summed E-state index contributed by atoms with van der Waals surface area (Å²) in [4.78, 5) is 82.5. The van der Waals surface area contributed by atoms with Crippen LogP contribution < -0.4 is 11.1 Å². The van der Waals surface area contributed by atoms with E-state index in [-0.39, 0.29) is 42.1 Å². The number of Topliss-reactive ketones (excluding diaryl/α,β-unsaturated/α-hetero) is 4. The largest absolute Gasteiger partial charge is 0.505 e. The number of aliphatic hydroxyl groups is 1. The second-order valence-electron chi connectivity index (χ2n) is 12.3. The number of carbonyl (C=O) groups is 6. The van der Waals surface area contributed by atoms with E-state index in [0.29, 0.717) is 0 Å². The number of amides is 2. The number of fused-ring (bicyclic) bond motifs is 4. The summed E-state index contributed by atoms with van der Waals surface area (Å²) in [5.74, 6) is -13.9. The number of phenolic OH excluding ortho intramolecular Hbond substituents is 1. The standard InChI is InChI=1S/C28H33FN4O8/c1-9(2)19-27(40)31-18-12(8-33(19)5)17(29)11-6-10-7-13-20(32(3)4)23(36)16(26(30)39)25(38)28(13,41)24(37)14(10)21(34)15(11)22(18)35/h9-10,13-14,16,19-20,35,41H,6-8H2,1-5H3,(H2,30,39)(H,31,40)/t10-,13-,14?,16?,19+,20-,28-/m0/s1. The Labute approximate surface area is 235 Å². The van der Waals surface area contributed by atoms with E-state index in [1.807, 2.05) is 13.8 Å². The molecule has 0 spiro atoms. The number of primary amides is 1. The number of nitrogens with two attached hydrogens (primary N) is 1. The van der Waals surface area contributed by atoms with Crippen molar-refractivity contribution in [2.45, 2.75) is 50.9 Å². The summed E-state index contributed by atoms with van der Waals surface area (Å²) < 4.78 is 16.2. The summed E-state index contributed by atoms with van der Waals surface area (Å²) in [5.41, 5.74) is 1.53. The van der Waals surface area contributed by atoms with Gasteiger partial charge in [0.05, 0.1) is 29.3 Å². The summed E-state index contributed by atoms with van der Waals surface area (Å²) in [7, 11) is 4.61. The van der Waals surface area contributed by atoms with Crippen molar-refractivity contribution in [2.75, 3.05) is 26.5 Å². The van der Waals surface area contributed by atoms with E-state index in [2.05, 4.69) is 5.32 Å². The minimum Gasteiger partial charge on any atom is -0.505 e. The van der Waals surface area contributed by atoms with Gasteiger partial charge < -0.3 is 21.3 Å². The fourth-order valence-corrected chi connectivity index (χ4v) is 7.59. The lowest BCUT2D eigenvalue weighted by molar-refractivity contribution is -0.181. The molecule has 5 rings (SSSR count). The van der Waals surface area contributed by atoms with Gasteiger partial charge in [0.1, 0.15) is 5.82 Å². The highest BCUT2D eigenvalue weighted by molar-refractivity contribution is 6.32. The van der Waals surface area contributed by atoms with E-state index in [4.69, 9.17) is 5.73 Å². The number of likely N-dealkylation sites (N-methyl/N-ethyl adjacent to an activating group) is 2. The van der Waals surface area contributed by atoms with Gasteiger partial charge in [0, 0.05) is 23.6 Å². The molecule has 2 saturated carbocycles. The average molecular weight is 573 g/mol. The molecule has 1 aliphatic heterocycles. The number of nitrogens with zero attached hydrogens (tertiary/aromatic N) is 2. The number of carbonyl (C=O) groups excluding carboxylic acids is 6. The van der Waals surface area contributed by atoms with Crippen molar-refractivity contribution >= 4 is 40.6 Å². The third-order valence-electron chi connectivity index (χ3n) is 9.29. The van der Waals surface area contributed by atoms with Crippen LogP contribution in [-0.2, 0) is 36.9 Å². The first-order valence-electron chi connectivity index (χ1n) is 13.5. The molecule has 2 amide bonds. The first kappa shape index (κ1) is 29.0. The normalized spacial score (nSPS) is 33.6. The molecule has 4 aliphatic rings. The van der Waals surface area contributed by atoms with Gasteiger partial charge in [0.2, 0.25) is 11.8 Å². The Bertz CT molecular complexity index is 1440. The van der Waals surface area contributed by atoms with Crippen LogP contribution in [0.2, 0.25) is 0 Å². The van der Waals surface area contributed by atoms with Crippen LogP contribution in [0.15, 0.2) is 0 Å². The lowest BCUT2D eigenvalue weighted by atomic mass is 9.52. The number of phenols is 1. The number of benzene rings is 1. The third-order valence-corrected chi connectivity index (χ3v) is 9.29. The van der Waals surface area contributed by atoms with Gasteiger partial charge in [-0.05, 0) is 45.8 Å². The lowest BCUT2D eigenvalue weighted by Crippen LogP contribution is -2.74. The Hall–Kier alpha value is -3.55. The van der Waals surface area contributed by atoms with E-state index in [1.165, 1.54) is 19.0 Å². The summed E-state index contributed by atoms with van der Waals surface area (Å²) in [5, 5.41) is 25.4. The fourth-order valence-electron chi connectivity index (χ4n) is 7.59. The lowest BCUT2D eigenvalue weighted by Gasteiger charge is -2.52. The van der Waals surface area contributed by atoms with Gasteiger partial charge in [-0.1, -0.05) is 13.8 Å².